The lowest BCUT2D eigenvalue weighted by Gasteiger charge is -2.09. The van der Waals surface area contributed by atoms with Crippen molar-refractivity contribution in [2.24, 2.45) is 0 Å². The maximum Gasteiger partial charge on any atom is 0.342 e. The standard InChI is InChI=1S/C17H16ClNO4/c1-10-6-7-14(13(18)8-10)19-15(20)9-23-17(22)12-5-3-4-11(2)16(12)21/h3-8,21H,9H2,1-2H3,(H,19,20). The summed E-state index contributed by atoms with van der Waals surface area (Å²) < 4.78 is 4.91. The highest BCUT2D eigenvalue weighted by molar-refractivity contribution is 6.33. The molecule has 0 saturated carbocycles. The van der Waals surface area contributed by atoms with Crippen molar-refractivity contribution in [3.05, 3.63) is 58.1 Å². The van der Waals surface area contributed by atoms with E-state index in [1.54, 1.807) is 37.3 Å². The van der Waals surface area contributed by atoms with E-state index < -0.39 is 18.5 Å². The van der Waals surface area contributed by atoms with E-state index in [0.29, 0.717) is 16.3 Å². The van der Waals surface area contributed by atoms with Gasteiger partial charge in [-0.1, -0.05) is 29.8 Å². The van der Waals surface area contributed by atoms with Crippen LogP contribution in [0.15, 0.2) is 36.4 Å². The van der Waals surface area contributed by atoms with E-state index in [2.05, 4.69) is 5.32 Å². The molecule has 0 aliphatic carbocycles. The van der Waals surface area contributed by atoms with Crippen LogP contribution >= 0.6 is 11.6 Å². The Kier molecular flexibility index (Phi) is 5.24. The Hall–Kier alpha value is -2.53. The van der Waals surface area contributed by atoms with Crippen molar-refractivity contribution in [2.45, 2.75) is 13.8 Å². The first-order valence-corrected chi connectivity index (χ1v) is 7.28. The van der Waals surface area contributed by atoms with Crippen molar-refractivity contribution >= 4 is 29.2 Å². The molecule has 0 saturated heterocycles. The largest absolute Gasteiger partial charge is 0.507 e. The zero-order valence-corrected chi connectivity index (χ0v) is 13.5. The zero-order chi connectivity index (χ0) is 17.0. The van der Waals surface area contributed by atoms with Crippen LogP contribution in [0.3, 0.4) is 0 Å². The molecule has 2 aromatic rings. The highest BCUT2D eigenvalue weighted by Crippen LogP contribution is 2.23. The van der Waals surface area contributed by atoms with Crippen LogP contribution < -0.4 is 5.32 Å². The quantitative estimate of drug-likeness (QED) is 0.840. The average molecular weight is 334 g/mol. The number of amides is 1. The fraction of sp³-hybridized carbons (Fsp3) is 0.176. The Labute approximate surface area is 138 Å². The van der Waals surface area contributed by atoms with Crippen LogP contribution in [0.25, 0.3) is 0 Å². The van der Waals surface area contributed by atoms with Gasteiger partial charge in [0.2, 0.25) is 0 Å². The predicted octanol–water partition coefficient (Wildman–Crippen LogP) is 3.46. The lowest BCUT2D eigenvalue weighted by atomic mass is 10.1. The van der Waals surface area contributed by atoms with Gasteiger partial charge in [0.25, 0.3) is 5.91 Å². The Morgan fingerprint density at radius 1 is 1.22 bits per heavy atom. The van der Waals surface area contributed by atoms with Gasteiger partial charge in [-0.15, -0.1) is 0 Å². The monoisotopic (exact) mass is 333 g/mol. The summed E-state index contributed by atoms with van der Waals surface area (Å²) in [6.45, 7) is 3.07. The molecule has 0 unspecified atom stereocenters. The number of halogens is 1. The van der Waals surface area contributed by atoms with Crippen molar-refractivity contribution in [1.29, 1.82) is 0 Å². The number of carbonyl (C=O) groups excluding carboxylic acids is 2. The summed E-state index contributed by atoms with van der Waals surface area (Å²) in [5, 5.41) is 12.8. The number of phenols is 1. The third kappa shape index (κ3) is 4.23. The molecule has 0 bridgehead atoms. The fourth-order valence-electron chi connectivity index (χ4n) is 1.94. The molecule has 5 nitrogen and oxygen atoms in total. The summed E-state index contributed by atoms with van der Waals surface area (Å²) >= 11 is 6.01. The number of para-hydroxylation sites is 1. The summed E-state index contributed by atoms with van der Waals surface area (Å²) in [4.78, 5) is 23.7. The number of ether oxygens (including phenoxy) is 1. The highest BCUT2D eigenvalue weighted by Gasteiger charge is 2.15. The predicted molar refractivity (Wildman–Crippen MR) is 87.9 cm³/mol. The summed E-state index contributed by atoms with van der Waals surface area (Å²) in [5.41, 5.74) is 1.98. The number of aromatic hydroxyl groups is 1. The number of carbonyl (C=O) groups is 2. The van der Waals surface area contributed by atoms with Crippen molar-refractivity contribution in [2.75, 3.05) is 11.9 Å². The van der Waals surface area contributed by atoms with Crippen LogP contribution in [0.5, 0.6) is 5.75 Å². The highest BCUT2D eigenvalue weighted by atomic mass is 35.5. The second-order valence-electron chi connectivity index (χ2n) is 5.08. The summed E-state index contributed by atoms with van der Waals surface area (Å²) in [6.07, 6.45) is 0. The van der Waals surface area contributed by atoms with E-state index in [-0.39, 0.29) is 11.3 Å². The molecule has 0 fully saturated rings. The zero-order valence-electron chi connectivity index (χ0n) is 12.7. The van der Waals surface area contributed by atoms with Gasteiger partial charge in [0.1, 0.15) is 11.3 Å². The minimum Gasteiger partial charge on any atom is -0.507 e. The minimum absolute atomic E-state index is 0.0196. The molecular formula is C17H16ClNO4. The molecule has 0 spiro atoms. The molecular weight excluding hydrogens is 318 g/mol. The third-order valence-corrected chi connectivity index (χ3v) is 3.50. The summed E-state index contributed by atoms with van der Waals surface area (Å²) in [6, 6.07) is 9.91. The molecule has 0 atom stereocenters. The second kappa shape index (κ2) is 7.15. The molecule has 1 amide bonds. The van der Waals surface area contributed by atoms with Crippen molar-refractivity contribution in [1.82, 2.24) is 0 Å². The molecule has 0 aliphatic heterocycles. The van der Waals surface area contributed by atoms with Crippen molar-refractivity contribution < 1.29 is 19.4 Å². The third-order valence-electron chi connectivity index (χ3n) is 3.19. The van der Waals surface area contributed by atoms with Crippen LogP contribution in [-0.4, -0.2) is 23.6 Å². The number of anilines is 1. The van der Waals surface area contributed by atoms with Crippen molar-refractivity contribution in [3.8, 4) is 5.75 Å². The number of esters is 1. The van der Waals surface area contributed by atoms with Gasteiger partial charge in [-0.2, -0.15) is 0 Å². The van der Waals surface area contributed by atoms with E-state index in [4.69, 9.17) is 16.3 Å². The maximum atomic E-state index is 11.9. The molecule has 2 aromatic carbocycles. The Bertz CT molecular complexity index is 758. The van der Waals surface area contributed by atoms with E-state index in [9.17, 15) is 14.7 Å². The number of hydrogen-bond donors (Lipinski definition) is 2. The molecule has 120 valence electrons. The van der Waals surface area contributed by atoms with Gasteiger partial charge in [0.15, 0.2) is 6.61 Å². The number of rotatable bonds is 4. The number of aryl methyl sites for hydroxylation is 2. The first-order chi connectivity index (χ1) is 10.9. The second-order valence-corrected chi connectivity index (χ2v) is 5.49. The smallest absolute Gasteiger partial charge is 0.342 e. The first kappa shape index (κ1) is 16.8. The molecule has 2 rings (SSSR count). The fourth-order valence-corrected chi connectivity index (χ4v) is 2.22. The lowest BCUT2D eigenvalue weighted by Crippen LogP contribution is -2.21. The maximum absolute atomic E-state index is 11.9. The van der Waals surface area contributed by atoms with E-state index >= 15 is 0 Å². The Morgan fingerprint density at radius 3 is 2.65 bits per heavy atom. The SMILES string of the molecule is Cc1ccc(NC(=O)COC(=O)c2cccc(C)c2O)c(Cl)c1. The van der Waals surface area contributed by atoms with Crippen molar-refractivity contribution in [3.63, 3.8) is 0 Å². The van der Waals surface area contributed by atoms with E-state index in [0.717, 1.165) is 5.56 Å². The summed E-state index contributed by atoms with van der Waals surface area (Å²) in [7, 11) is 0. The minimum atomic E-state index is -0.767. The van der Waals surface area contributed by atoms with Gasteiger partial charge >= 0.3 is 5.97 Å². The van der Waals surface area contributed by atoms with Gasteiger partial charge < -0.3 is 15.2 Å². The normalized spacial score (nSPS) is 10.2. The number of phenolic OH excluding ortho intramolecular Hbond substituents is 1. The Morgan fingerprint density at radius 2 is 1.96 bits per heavy atom. The van der Waals surface area contributed by atoms with Crippen LogP contribution in [0.4, 0.5) is 5.69 Å². The first-order valence-electron chi connectivity index (χ1n) is 6.90. The number of nitrogens with one attached hydrogen (secondary N) is 1. The average Bonchev–Trinajstić information content (AvgIpc) is 2.50. The lowest BCUT2D eigenvalue weighted by molar-refractivity contribution is -0.119. The van der Waals surface area contributed by atoms with Gasteiger partial charge in [-0.25, -0.2) is 4.79 Å². The topological polar surface area (TPSA) is 75.6 Å². The van der Waals surface area contributed by atoms with Crippen LogP contribution in [0, 0.1) is 13.8 Å². The molecule has 0 radical (unpaired) electrons. The van der Waals surface area contributed by atoms with Crippen LogP contribution in [0.2, 0.25) is 5.02 Å². The van der Waals surface area contributed by atoms with E-state index in [1.165, 1.54) is 6.07 Å². The Balaban J connectivity index is 1.96. The van der Waals surface area contributed by atoms with Crippen LogP contribution in [-0.2, 0) is 9.53 Å². The molecule has 6 heteroatoms. The van der Waals surface area contributed by atoms with E-state index in [1.807, 2.05) is 6.92 Å². The molecule has 0 aliphatic rings. The summed E-state index contributed by atoms with van der Waals surface area (Å²) in [5.74, 6) is -1.44. The molecule has 23 heavy (non-hydrogen) atoms. The molecule has 0 heterocycles. The van der Waals surface area contributed by atoms with Gasteiger partial charge in [-0.05, 0) is 43.2 Å². The number of hydrogen-bond acceptors (Lipinski definition) is 4. The van der Waals surface area contributed by atoms with Gasteiger partial charge in [0.05, 0.1) is 10.7 Å². The molecule has 2 N–H and O–H groups in total. The molecule has 0 aromatic heterocycles. The van der Waals surface area contributed by atoms with Gasteiger partial charge in [-0.3, -0.25) is 4.79 Å². The van der Waals surface area contributed by atoms with Gasteiger partial charge in [0, 0.05) is 0 Å². The van der Waals surface area contributed by atoms with Crippen LogP contribution in [0.1, 0.15) is 21.5 Å². The number of benzene rings is 2.